The minimum atomic E-state index is -0.117. The van der Waals surface area contributed by atoms with Crippen molar-refractivity contribution in [3.63, 3.8) is 0 Å². The molecule has 28 heavy (non-hydrogen) atoms. The molecule has 3 heterocycles. The summed E-state index contributed by atoms with van der Waals surface area (Å²) >= 11 is 0. The molecule has 152 valence electrons. The summed E-state index contributed by atoms with van der Waals surface area (Å²) in [6.45, 7) is 4.33. The van der Waals surface area contributed by atoms with Crippen molar-refractivity contribution < 1.29 is 14.3 Å². The molecule has 2 aliphatic heterocycles. The number of carbonyl (C=O) groups excluding carboxylic acids is 2. The SMILES string of the molecule is O=C(NC[C@@H]1CC[C@H](CC(=O)N2CCOCC2)N1CC1CC1)c1ccnnc1. The average molecular weight is 387 g/mol. The van der Waals surface area contributed by atoms with E-state index in [9.17, 15) is 9.59 Å². The second-order valence-electron chi connectivity index (χ2n) is 8.06. The van der Waals surface area contributed by atoms with Crippen molar-refractivity contribution in [3.05, 3.63) is 24.0 Å². The van der Waals surface area contributed by atoms with Crippen LogP contribution in [0.2, 0.25) is 0 Å². The van der Waals surface area contributed by atoms with Gasteiger partial charge in [-0.25, -0.2) is 0 Å². The van der Waals surface area contributed by atoms with Gasteiger partial charge in [0.05, 0.1) is 31.2 Å². The van der Waals surface area contributed by atoms with E-state index < -0.39 is 0 Å². The Morgan fingerprint density at radius 2 is 1.89 bits per heavy atom. The first-order chi connectivity index (χ1) is 13.7. The Bertz CT molecular complexity index is 676. The summed E-state index contributed by atoms with van der Waals surface area (Å²) < 4.78 is 5.36. The number of hydrogen-bond acceptors (Lipinski definition) is 6. The molecule has 0 radical (unpaired) electrons. The third kappa shape index (κ3) is 4.86. The largest absolute Gasteiger partial charge is 0.378 e. The first-order valence-electron chi connectivity index (χ1n) is 10.4. The van der Waals surface area contributed by atoms with Crippen LogP contribution in [0.3, 0.4) is 0 Å². The van der Waals surface area contributed by atoms with Gasteiger partial charge in [0.15, 0.2) is 0 Å². The highest BCUT2D eigenvalue weighted by Gasteiger charge is 2.38. The molecule has 1 aromatic heterocycles. The fourth-order valence-electron chi connectivity index (χ4n) is 4.23. The third-order valence-corrected chi connectivity index (χ3v) is 6.06. The standard InChI is InChI=1S/C20H29N5O3/c26-19(24-7-9-28-10-8-24)11-17-3-4-18(25(17)14-15-1-2-15)13-21-20(27)16-5-6-22-23-12-16/h5-6,12,15,17-18H,1-4,7-11,13-14H2,(H,21,27)/t17-,18+/m1/s1. The van der Waals surface area contributed by atoms with Crippen LogP contribution in [0.15, 0.2) is 18.5 Å². The zero-order valence-corrected chi connectivity index (χ0v) is 16.3. The minimum absolute atomic E-state index is 0.117. The molecule has 8 nitrogen and oxygen atoms in total. The molecule has 1 N–H and O–H groups in total. The Kier molecular flexibility index (Phi) is 6.17. The number of nitrogens with zero attached hydrogens (tertiary/aromatic N) is 4. The molecule has 0 aromatic carbocycles. The molecular formula is C20H29N5O3. The van der Waals surface area contributed by atoms with Gasteiger partial charge in [-0.3, -0.25) is 14.5 Å². The molecule has 8 heteroatoms. The van der Waals surface area contributed by atoms with Crippen molar-refractivity contribution in [3.8, 4) is 0 Å². The number of nitrogens with one attached hydrogen (secondary N) is 1. The lowest BCUT2D eigenvalue weighted by molar-refractivity contribution is -0.136. The Balaban J connectivity index is 1.33. The predicted octanol–water partition coefficient (Wildman–Crippen LogP) is 0.698. The smallest absolute Gasteiger partial charge is 0.253 e. The highest BCUT2D eigenvalue weighted by molar-refractivity contribution is 5.93. The number of morpholine rings is 1. The van der Waals surface area contributed by atoms with E-state index in [0.717, 1.165) is 25.3 Å². The number of ether oxygens (including phenoxy) is 1. The molecule has 1 saturated carbocycles. The van der Waals surface area contributed by atoms with Crippen molar-refractivity contribution >= 4 is 11.8 Å². The zero-order chi connectivity index (χ0) is 19.3. The zero-order valence-electron chi connectivity index (χ0n) is 16.3. The molecule has 0 bridgehead atoms. The van der Waals surface area contributed by atoms with Gasteiger partial charge in [0.1, 0.15) is 0 Å². The number of aromatic nitrogens is 2. The Morgan fingerprint density at radius 1 is 1.11 bits per heavy atom. The Hall–Kier alpha value is -2.06. The number of hydrogen-bond donors (Lipinski definition) is 1. The number of amides is 2. The number of likely N-dealkylation sites (tertiary alicyclic amines) is 1. The van der Waals surface area contributed by atoms with E-state index in [1.54, 1.807) is 6.07 Å². The average Bonchev–Trinajstić information content (AvgIpc) is 3.49. The fraction of sp³-hybridized carbons (Fsp3) is 0.700. The van der Waals surface area contributed by atoms with Gasteiger partial charge in [-0.05, 0) is 37.7 Å². The van der Waals surface area contributed by atoms with Crippen LogP contribution in [0, 0.1) is 5.92 Å². The second kappa shape index (κ2) is 8.96. The maximum atomic E-state index is 12.7. The number of rotatable bonds is 7. The van der Waals surface area contributed by atoms with Crippen LogP contribution in [0.5, 0.6) is 0 Å². The van der Waals surface area contributed by atoms with Crippen molar-refractivity contribution in [1.29, 1.82) is 0 Å². The Labute approximate surface area is 165 Å². The maximum Gasteiger partial charge on any atom is 0.253 e. The van der Waals surface area contributed by atoms with Gasteiger partial charge in [-0.15, -0.1) is 0 Å². The summed E-state index contributed by atoms with van der Waals surface area (Å²) in [6, 6.07) is 2.24. The van der Waals surface area contributed by atoms with Crippen LogP contribution in [0.1, 0.15) is 42.5 Å². The molecule has 1 aliphatic carbocycles. The molecular weight excluding hydrogens is 358 g/mol. The first-order valence-corrected chi connectivity index (χ1v) is 10.4. The summed E-state index contributed by atoms with van der Waals surface area (Å²) in [4.78, 5) is 29.5. The quantitative estimate of drug-likeness (QED) is 0.741. The molecule has 2 atom stereocenters. The van der Waals surface area contributed by atoms with Crippen molar-refractivity contribution in [2.75, 3.05) is 39.4 Å². The van der Waals surface area contributed by atoms with E-state index in [1.165, 1.54) is 25.2 Å². The maximum absolute atomic E-state index is 12.7. The third-order valence-electron chi connectivity index (χ3n) is 6.06. The first kappa shape index (κ1) is 19.3. The number of carbonyl (C=O) groups is 2. The fourth-order valence-corrected chi connectivity index (χ4v) is 4.23. The van der Waals surface area contributed by atoms with Crippen LogP contribution in [0.4, 0.5) is 0 Å². The monoisotopic (exact) mass is 387 g/mol. The molecule has 0 spiro atoms. The van der Waals surface area contributed by atoms with Gasteiger partial charge in [0, 0.05) is 44.7 Å². The van der Waals surface area contributed by atoms with Gasteiger partial charge >= 0.3 is 0 Å². The van der Waals surface area contributed by atoms with Crippen molar-refractivity contribution in [1.82, 2.24) is 25.3 Å². The van der Waals surface area contributed by atoms with E-state index >= 15 is 0 Å². The van der Waals surface area contributed by atoms with Crippen LogP contribution in [-0.4, -0.2) is 83.3 Å². The van der Waals surface area contributed by atoms with Gasteiger partial charge < -0.3 is 15.0 Å². The van der Waals surface area contributed by atoms with E-state index in [2.05, 4.69) is 20.4 Å². The molecule has 2 amide bonds. The normalized spacial score (nSPS) is 25.6. The van der Waals surface area contributed by atoms with Crippen LogP contribution >= 0.6 is 0 Å². The lowest BCUT2D eigenvalue weighted by Gasteiger charge is -2.33. The molecule has 4 rings (SSSR count). The summed E-state index contributed by atoms with van der Waals surface area (Å²) in [5.41, 5.74) is 0.529. The van der Waals surface area contributed by atoms with Crippen molar-refractivity contribution in [2.45, 2.75) is 44.2 Å². The predicted molar refractivity (Wildman–Crippen MR) is 103 cm³/mol. The highest BCUT2D eigenvalue weighted by atomic mass is 16.5. The van der Waals surface area contributed by atoms with E-state index in [4.69, 9.17) is 4.74 Å². The summed E-state index contributed by atoms with van der Waals surface area (Å²) in [7, 11) is 0. The molecule has 1 aromatic rings. The van der Waals surface area contributed by atoms with Crippen molar-refractivity contribution in [2.24, 2.45) is 5.92 Å². The lowest BCUT2D eigenvalue weighted by Crippen LogP contribution is -2.47. The molecule has 3 fully saturated rings. The highest BCUT2D eigenvalue weighted by Crippen LogP contribution is 2.35. The van der Waals surface area contributed by atoms with Gasteiger partial charge in [-0.2, -0.15) is 10.2 Å². The minimum Gasteiger partial charge on any atom is -0.378 e. The van der Waals surface area contributed by atoms with Gasteiger partial charge in [0.25, 0.3) is 5.91 Å². The topological polar surface area (TPSA) is 87.7 Å². The van der Waals surface area contributed by atoms with E-state index in [-0.39, 0.29) is 17.9 Å². The van der Waals surface area contributed by atoms with E-state index in [1.807, 2.05) is 4.90 Å². The summed E-state index contributed by atoms with van der Waals surface area (Å²) in [5, 5.41) is 10.5. The lowest BCUT2D eigenvalue weighted by atomic mass is 10.1. The van der Waals surface area contributed by atoms with Crippen LogP contribution in [0.25, 0.3) is 0 Å². The molecule has 3 aliphatic rings. The van der Waals surface area contributed by atoms with Gasteiger partial charge in [-0.1, -0.05) is 0 Å². The summed E-state index contributed by atoms with van der Waals surface area (Å²) in [6.07, 6.45) is 8.17. The second-order valence-corrected chi connectivity index (χ2v) is 8.06. The Morgan fingerprint density at radius 3 is 2.61 bits per heavy atom. The summed E-state index contributed by atoms with van der Waals surface area (Å²) in [5.74, 6) is 0.873. The van der Waals surface area contributed by atoms with Gasteiger partial charge in [0.2, 0.25) is 5.91 Å². The van der Waals surface area contributed by atoms with Crippen LogP contribution < -0.4 is 5.32 Å². The van der Waals surface area contributed by atoms with Crippen LogP contribution in [-0.2, 0) is 9.53 Å². The molecule has 2 saturated heterocycles. The van der Waals surface area contributed by atoms with E-state index in [0.29, 0.717) is 50.9 Å². The molecule has 0 unspecified atom stereocenters.